The third-order valence-electron chi connectivity index (χ3n) is 2.70. The van der Waals surface area contributed by atoms with Crippen LogP contribution in [-0.2, 0) is 16.0 Å². The first-order valence-electron chi connectivity index (χ1n) is 7.14. The van der Waals surface area contributed by atoms with Crippen molar-refractivity contribution in [1.82, 2.24) is 5.32 Å². The summed E-state index contributed by atoms with van der Waals surface area (Å²) in [6.45, 7) is 7.36. The van der Waals surface area contributed by atoms with Crippen molar-refractivity contribution < 1.29 is 9.53 Å². The molecule has 0 aliphatic rings. The third kappa shape index (κ3) is 7.79. The van der Waals surface area contributed by atoms with E-state index in [9.17, 15) is 4.79 Å². The van der Waals surface area contributed by atoms with E-state index < -0.39 is 5.60 Å². The molecule has 0 aliphatic carbocycles. The lowest BCUT2D eigenvalue weighted by Gasteiger charge is -2.19. The van der Waals surface area contributed by atoms with Crippen molar-refractivity contribution in [2.45, 2.75) is 45.6 Å². The van der Waals surface area contributed by atoms with Gasteiger partial charge in [-0.2, -0.15) is 0 Å². The second-order valence-electron chi connectivity index (χ2n) is 5.94. The number of carbonyl (C=O) groups excluding carboxylic acids is 1. The highest BCUT2D eigenvalue weighted by Crippen LogP contribution is 2.09. The van der Waals surface area contributed by atoms with Crippen LogP contribution in [0.25, 0.3) is 0 Å². The average Bonchev–Trinajstić information content (AvgIpc) is 2.31. The Morgan fingerprint density at radius 1 is 1.30 bits per heavy atom. The maximum Gasteiger partial charge on any atom is 0.306 e. The highest BCUT2D eigenvalue weighted by molar-refractivity contribution is 5.69. The zero-order valence-corrected chi connectivity index (χ0v) is 12.7. The van der Waals surface area contributed by atoms with E-state index in [1.807, 2.05) is 39.0 Å². The first-order valence-corrected chi connectivity index (χ1v) is 7.14. The fourth-order valence-electron chi connectivity index (χ4n) is 1.86. The summed E-state index contributed by atoms with van der Waals surface area (Å²) >= 11 is 0. The molecule has 20 heavy (non-hydrogen) atoms. The molecular formula is C16H26N2O2. The minimum atomic E-state index is -0.391. The maximum absolute atomic E-state index is 11.5. The van der Waals surface area contributed by atoms with E-state index >= 15 is 0 Å². The molecule has 4 heteroatoms. The van der Waals surface area contributed by atoms with Crippen LogP contribution in [0.4, 0.5) is 5.69 Å². The maximum atomic E-state index is 11.5. The van der Waals surface area contributed by atoms with E-state index in [1.54, 1.807) is 0 Å². The summed E-state index contributed by atoms with van der Waals surface area (Å²) in [5.41, 5.74) is 7.36. The minimum Gasteiger partial charge on any atom is -0.460 e. The van der Waals surface area contributed by atoms with E-state index in [0.29, 0.717) is 6.42 Å². The van der Waals surface area contributed by atoms with Crippen LogP contribution >= 0.6 is 0 Å². The highest BCUT2D eigenvalue weighted by Gasteiger charge is 2.15. The Morgan fingerprint density at radius 3 is 2.70 bits per heavy atom. The van der Waals surface area contributed by atoms with Crippen molar-refractivity contribution in [1.29, 1.82) is 0 Å². The summed E-state index contributed by atoms with van der Waals surface area (Å²) in [6, 6.07) is 7.91. The van der Waals surface area contributed by atoms with E-state index in [4.69, 9.17) is 10.5 Å². The largest absolute Gasteiger partial charge is 0.460 e. The van der Waals surface area contributed by atoms with Crippen molar-refractivity contribution >= 4 is 11.7 Å². The molecule has 3 N–H and O–H groups in total. The van der Waals surface area contributed by atoms with Gasteiger partial charge in [-0.1, -0.05) is 12.1 Å². The molecule has 1 rings (SSSR count). The molecular weight excluding hydrogens is 252 g/mol. The van der Waals surface area contributed by atoms with E-state index in [-0.39, 0.29) is 5.97 Å². The lowest BCUT2D eigenvalue weighted by molar-refractivity contribution is -0.154. The molecule has 0 atom stereocenters. The quantitative estimate of drug-likeness (QED) is 0.457. The first-order chi connectivity index (χ1) is 9.37. The Labute approximate surface area is 121 Å². The number of carbonyl (C=O) groups is 1. The molecule has 0 bridgehead atoms. The second kappa shape index (κ2) is 7.90. The van der Waals surface area contributed by atoms with Crippen LogP contribution in [0, 0.1) is 0 Å². The molecule has 0 saturated carbocycles. The Balaban J connectivity index is 2.07. The number of nitrogen functional groups attached to an aromatic ring is 1. The molecule has 0 fully saturated rings. The van der Waals surface area contributed by atoms with E-state index in [0.717, 1.165) is 31.6 Å². The minimum absolute atomic E-state index is 0.130. The van der Waals surface area contributed by atoms with Crippen molar-refractivity contribution in [2.24, 2.45) is 0 Å². The predicted molar refractivity (Wildman–Crippen MR) is 82.5 cm³/mol. The van der Waals surface area contributed by atoms with Gasteiger partial charge in [0.2, 0.25) is 0 Å². The Kier molecular flexibility index (Phi) is 6.52. The van der Waals surface area contributed by atoms with Crippen LogP contribution in [-0.4, -0.2) is 24.7 Å². The van der Waals surface area contributed by atoms with Gasteiger partial charge in [-0.3, -0.25) is 4.79 Å². The second-order valence-corrected chi connectivity index (χ2v) is 5.94. The Bertz CT molecular complexity index is 425. The smallest absolute Gasteiger partial charge is 0.306 e. The average molecular weight is 278 g/mol. The summed E-state index contributed by atoms with van der Waals surface area (Å²) in [5, 5.41) is 3.32. The normalized spacial score (nSPS) is 11.3. The van der Waals surface area contributed by atoms with Crippen molar-refractivity contribution in [3.63, 3.8) is 0 Å². The van der Waals surface area contributed by atoms with Crippen LogP contribution < -0.4 is 11.1 Å². The molecule has 0 aromatic heterocycles. The molecule has 0 heterocycles. The molecule has 4 nitrogen and oxygen atoms in total. The summed E-state index contributed by atoms with van der Waals surface area (Å²) in [5.74, 6) is -0.130. The van der Waals surface area contributed by atoms with Gasteiger partial charge in [0, 0.05) is 12.1 Å². The number of hydrogen-bond acceptors (Lipinski definition) is 4. The van der Waals surface area contributed by atoms with Gasteiger partial charge in [0.15, 0.2) is 0 Å². The SMILES string of the molecule is CC(C)(C)OC(=O)CCCNCCc1cccc(N)c1. The zero-order valence-electron chi connectivity index (χ0n) is 12.7. The molecule has 0 aliphatic heterocycles. The van der Waals surface area contributed by atoms with Crippen LogP contribution in [0.2, 0.25) is 0 Å². The summed E-state index contributed by atoms with van der Waals surface area (Å²) in [4.78, 5) is 11.5. The van der Waals surface area contributed by atoms with Gasteiger partial charge in [-0.05, 0) is 64.4 Å². The highest BCUT2D eigenvalue weighted by atomic mass is 16.6. The van der Waals surface area contributed by atoms with Crippen molar-refractivity contribution in [3.8, 4) is 0 Å². The Hall–Kier alpha value is -1.55. The van der Waals surface area contributed by atoms with Crippen LogP contribution in [0.1, 0.15) is 39.2 Å². The predicted octanol–water partition coefficient (Wildman–Crippen LogP) is 2.52. The van der Waals surface area contributed by atoms with E-state index in [1.165, 1.54) is 5.56 Å². The fourth-order valence-corrected chi connectivity index (χ4v) is 1.86. The van der Waals surface area contributed by atoms with Crippen LogP contribution in [0.5, 0.6) is 0 Å². The van der Waals surface area contributed by atoms with Gasteiger partial charge >= 0.3 is 5.97 Å². The lowest BCUT2D eigenvalue weighted by atomic mass is 10.1. The molecule has 1 aromatic carbocycles. The van der Waals surface area contributed by atoms with Crippen LogP contribution in [0.3, 0.4) is 0 Å². The Morgan fingerprint density at radius 2 is 2.05 bits per heavy atom. The monoisotopic (exact) mass is 278 g/mol. The van der Waals surface area contributed by atoms with Gasteiger partial charge < -0.3 is 15.8 Å². The number of esters is 1. The summed E-state index contributed by atoms with van der Waals surface area (Å²) in [6.07, 6.45) is 2.20. The molecule has 0 unspecified atom stereocenters. The summed E-state index contributed by atoms with van der Waals surface area (Å²) < 4.78 is 5.25. The molecule has 1 aromatic rings. The molecule has 0 radical (unpaired) electrons. The van der Waals surface area contributed by atoms with Crippen molar-refractivity contribution in [3.05, 3.63) is 29.8 Å². The number of hydrogen-bond donors (Lipinski definition) is 2. The topological polar surface area (TPSA) is 64.3 Å². The number of nitrogens with two attached hydrogens (primary N) is 1. The summed E-state index contributed by atoms with van der Waals surface area (Å²) in [7, 11) is 0. The first kappa shape index (κ1) is 16.5. The van der Waals surface area contributed by atoms with Gasteiger partial charge in [0.1, 0.15) is 5.60 Å². The molecule has 112 valence electrons. The molecule has 0 spiro atoms. The third-order valence-corrected chi connectivity index (χ3v) is 2.70. The van der Waals surface area contributed by atoms with Gasteiger partial charge in [-0.25, -0.2) is 0 Å². The van der Waals surface area contributed by atoms with Gasteiger partial charge in [0.05, 0.1) is 0 Å². The number of nitrogens with one attached hydrogen (secondary N) is 1. The standard InChI is InChI=1S/C16H26N2O2/c1-16(2,3)20-15(19)8-5-10-18-11-9-13-6-4-7-14(17)12-13/h4,6-7,12,18H,5,8-11,17H2,1-3H3. The zero-order chi connectivity index (χ0) is 15.0. The molecule has 0 saturated heterocycles. The van der Waals surface area contributed by atoms with E-state index in [2.05, 4.69) is 11.4 Å². The number of benzene rings is 1. The number of anilines is 1. The van der Waals surface area contributed by atoms with Crippen LogP contribution in [0.15, 0.2) is 24.3 Å². The fraction of sp³-hybridized carbons (Fsp3) is 0.562. The van der Waals surface area contributed by atoms with Gasteiger partial charge in [0.25, 0.3) is 0 Å². The molecule has 0 amide bonds. The number of rotatable bonds is 7. The lowest BCUT2D eigenvalue weighted by Crippen LogP contribution is -2.25. The number of ether oxygens (including phenoxy) is 1. The van der Waals surface area contributed by atoms with Gasteiger partial charge in [-0.15, -0.1) is 0 Å². The van der Waals surface area contributed by atoms with Crippen molar-refractivity contribution in [2.75, 3.05) is 18.8 Å².